The lowest BCUT2D eigenvalue weighted by Crippen LogP contribution is -2.34. The highest BCUT2D eigenvalue weighted by atomic mass is 16.5. The Morgan fingerprint density at radius 3 is 2.67 bits per heavy atom. The molecule has 0 saturated carbocycles. The number of nitrogens with zero attached hydrogens (tertiary/aromatic N) is 4. The number of fused-ring (bicyclic) bond motifs is 1. The Balaban J connectivity index is 1.29. The van der Waals surface area contributed by atoms with Crippen LogP contribution in [0.5, 0.6) is 11.5 Å². The molecule has 2 aromatic heterocycles. The lowest BCUT2D eigenvalue weighted by atomic mass is 10.0. The first-order chi connectivity index (χ1) is 20.5. The van der Waals surface area contributed by atoms with E-state index >= 15 is 0 Å². The van der Waals surface area contributed by atoms with Gasteiger partial charge in [0, 0.05) is 55.9 Å². The molecule has 2 aromatic carbocycles. The highest BCUT2D eigenvalue weighted by Crippen LogP contribution is 2.38. The molecular formula is C33H34N4O5. The number of nitriles is 1. The van der Waals surface area contributed by atoms with Crippen LogP contribution in [0.1, 0.15) is 35.2 Å². The van der Waals surface area contributed by atoms with Crippen molar-refractivity contribution < 1.29 is 23.4 Å². The molecule has 2 fully saturated rings. The molecule has 4 heterocycles. The summed E-state index contributed by atoms with van der Waals surface area (Å²) in [5.41, 5.74) is 4.71. The Morgan fingerprint density at radius 2 is 1.86 bits per heavy atom. The molecule has 42 heavy (non-hydrogen) atoms. The standard InChI is InChI=1S/C33H34N4O5/c1-36-12-3-13-37(15-14-36)33(38)23-4-6-27(30(19-23)39-2)31-20-28-32(42-31)26(8-11-35-28)22-5-7-29(24(18-22)21-34)41-25-9-16-40-17-10-25/h4-8,11,18-20,25H,3,9-10,12-17H2,1-2H3. The van der Waals surface area contributed by atoms with Crippen LogP contribution in [-0.2, 0) is 4.74 Å². The van der Waals surface area contributed by atoms with E-state index in [2.05, 4.69) is 23.0 Å². The number of methoxy groups -OCH3 is 1. The smallest absolute Gasteiger partial charge is 0.254 e. The third-order valence-electron chi connectivity index (χ3n) is 8.01. The Kier molecular flexibility index (Phi) is 8.08. The van der Waals surface area contributed by atoms with Gasteiger partial charge in [0.2, 0.25) is 0 Å². The molecule has 0 radical (unpaired) electrons. The van der Waals surface area contributed by atoms with E-state index in [0.29, 0.717) is 59.2 Å². The zero-order chi connectivity index (χ0) is 29.1. The van der Waals surface area contributed by atoms with Crippen LogP contribution in [0.4, 0.5) is 0 Å². The van der Waals surface area contributed by atoms with Gasteiger partial charge in [0.25, 0.3) is 5.91 Å². The van der Waals surface area contributed by atoms with E-state index in [4.69, 9.17) is 18.6 Å². The number of likely N-dealkylation sites (N-methyl/N-ethyl adjacent to an activating group) is 1. The zero-order valence-electron chi connectivity index (χ0n) is 24.0. The van der Waals surface area contributed by atoms with Crippen molar-refractivity contribution in [3.63, 3.8) is 0 Å². The molecule has 0 aliphatic carbocycles. The van der Waals surface area contributed by atoms with E-state index in [1.54, 1.807) is 19.4 Å². The Hall–Kier alpha value is -4.39. The molecule has 0 spiro atoms. The average Bonchev–Trinajstić information content (AvgIpc) is 3.35. The SMILES string of the molecule is COc1cc(C(=O)N2CCCN(C)CC2)ccc1-c1cc2nccc(-c3ccc(OC4CCOCC4)c(C#N)c3)c2o1. The quantitative estimate of drug-likeness (QED) is 0.307. The molecule has 2 aliphatic rings. The highest BCUT2D eigenvalue weighted by Gasteiger charge is 2.22. The van der Waals surface area contributed by atoms with Gasteiger partial charge in [-0.3, -0.25) is 9.78 Å². The number of benzene rings is 2. The maximum atomic E-state index is 13.3. The fraction of sp³-hybridized carbons (Fsp3) is 0.364. The number of pyridine rings is 1. The molecule has 6 rings (SSSR count). The third-order valence-corrected chi connectivity index (χ3v) is 8.01. The number of ether oxygens (including phenoxy) is 3. The summed E-state index contributed by atoms with van der Waals surface area (Å²) in [5, 5.41) is 9.88. The maximum absolute atomic E-state index is 13.3. The molecule has 0 unspecified atom stereocenters. The summed E-state index contributed by atoms with van der Waals surface area (Å²) in [6.45, 7) is 4.62. The van der Waals surface area contributed by atoms with Crippen molar-refractivity contribution >= 4 is 17.0 Å². The summed E-state index contributed by atoms with van der Waals surface area (Å²) in [6, 6.07) is 17.1. The Bertz CT molecular complexity index is 1640. The second-order valence-electron chi connectivity index (χ2n) is 10.8. The fourth-order valence-electron chi connectivity index (χ4n) is 5.62. The topological polar surface area (TPSA) is 101 Å². The molecule has 2 saturated heterocycles. The first kappa shape index (κ1) is 27.8. The van der Waals surface area contributed by atoms with Gasteiger partial charge in [-0.15, -0.1) is 0 Å². The van der Waals surface area contributed by atoms with Crippen molar-refractivity contribution in [2.45, 2.75) is 25.4 Å². The summed E-state index contributed by atoms with van der Waals surface area (Å²) in [5.74, 6) is 1.71. The Labute approximate surface area is 245 Å². The largest absolute Gasteiger partial charge is 0.496 e. The minimum Gasteiger partial charge on any atom is -0.496 e. The number of carbonyl (C=O) groups excluding carboxylic acids is 1. The van der Waals surface area contributed by atoms with Crippen molar-refractivity contribution in [3.05, 3.63) is 65.9 Å². The van der Waals surface area contributed by atoms with Gasteiger partial charge >= 0.3 is 0 Å². The molecule has 216 valence electrons. The highest BCUT2D eigenvalue weighted by molar-refractivity contribution is 5.96. The van der Waals surface area contributed by atoms with Gasteiger partial charge < -0.3 is 28.4 Å². The molecule has 2 aliphatic heterocycles. The average molecular weight is 567 g/mol. The second kappa shape index (κ2) is 12.2. The zero-order valence-corrected chi connectivity index (χ0v) is 24.0. The van der Waals surface area contributed by atoms with Crippen LogP contribution in [0.25, 0.3) is 33.6 Å². The molecule has 1 amide bonds. The van der Waals surface area contributed by atoms with E-state index < -0.39 is 0 Å². The number of furan rings is 1. The van der Waals surface area contributed by atoms with Crippen molar-refractivity contribution in [2.24, 2.45) is 0 Å². The van der Waals surface area contributed by atoms with Crippen molar-refractivity contribution in [1.82, 2.24) is 14.8 Å². The molecule has 4 aromatic rings. The maximum Gasteiger partial charge on any atom is 0.254 e. The predicted molar refractivity (Wildman–Crippen MR) is 159 cm³/mol. The van der Waals surface area contributed by atoms with Crippen molar-refractivity contribution in [1.29, 1.82) is 5.26 Å². The summed E-state index contributed by atoms with van der Waals surface area (Å²) in [4.78, 5) is 22.0. The van der Waals surface area contributed by atoms with Crippen LogP contribution in [0.2, 0.25) is 0 Å². The van der Waals surface area contributed by atoms with Gasteiger partial charge in [-0.1, -0.05) is 6.07 Å². The minimum atomic E-state index is 0.00116. The van der Waals surface area contributed by atoms with E-state index in [-0.39, 0.29) is 12.0 Å². The fourth-order valence-corrected chi connectivity index (χ4v) is 5.62. The van der Waals surface area contributed by atoms with Crippen LogP contribution in [0.3, 0.4) is 0 Å². The number of amides is 1. The van der Waals surface area contributed by atoms with Gasteiger partial charge in [0.15, 0.2) is 5.58 Å². The third kappa shape index (κ3) is 5.69. The molecule has 0 bridgehead atoms. The van der Waals surface area contributed by atoms with Gasteiger partial charge in [0.1, 0.15) is 34.9 Å². The molecule has 0 atom stereocenters. The molecule has 9 heteroatoms. The van der Waals surface area contributed by atoms with E-state index in [1.807, 2.05) is 47.4 Å². The van der Waals surface area contributed by atoms with Crippen LogP contribution in [0, 0.1) is 11.3 Å². The number of aromatic nitrogens is 1. The van der Waals surface area contributed by atoms with Gasteiger partial charge in [-0.25, -0.2) is 0 Å². The first-order valence-corrected chi connectivity index (χ1v) is 14.4. The Morgan fingerprint density at radius 1 is 1.00 bits per heavy atom. The molecule has 9 nitrogen and oxygen atoms in total. The predicted octanol–water partition coefficient (Wildman–Crippen LogP) is 5.38. The van der Waals surface area contributed by atoms with Crippen LogP contribution in [0.15, 0.2) is 59.1 Å². The monoisotopic (exact) mass is 566 g/mol. The summed E-state index contributed by atoms with van der Waals surface area (Å²) in [7, 11) is 3.67. The van der Waals surface area contributed by atoms with Crippen LogP contribution in [-0.4, -0.2) is 80.3 Å². The second-order valence-corrected chi connectivity index (χ2v) is 10.8. The van der Waals surface area contributed by atoms with Gasteiger partial charge in [-0.05, 0) is 62.0 Å². The van der Waals surface area contributed by atoms with Crippen molar-refractivity contribution in [2.75, 3.05) is 53.6 Å². The summed E-state index contributed by atoms with van der Waals surface area (Å²) in [6.07, 6.45) is 4.34. The number of carbonyl (C=O) groups is 1. The minimum absolute atomic E-state index is 0.00116. The normalized spacial score (nSPS) is 16.6. The van der Waals surface area contributed by atoms with E-state index in [0.717, 1.165) is 55.6 Å². The lowest BCUT2D eigenvalue weighted by molar-refractivity contribution is 0.0254. The van der Waals surface area contributed by atoms with E-state index in [1.165, 1.54) is 0 Å². The first-order valence-electron chi connectivity index (χ1n) is 14.4. The van der Waals surface area contributed by atoms with Crippen LogP contribution >= 0.6 is 0 Å². The van der Waals surface area contributed by atoms with Crippen LogP contribution < -0.4 is 9.47 Å². The number of rotatable bonds is 6. The van der Waals surface area contributed by atoms with Gasteiger partial charge in [-0.2, -0.15) is 5.26 Å². The van der Waals surface area contributed by atoms with Crippen molar-refractivity contribution in [3.8, 4) is 40.0 Å². The lowest BCUT2D eigenvalue weighted by Gasteiger charge is -2.23. The molecular weight excluding hydrogens is 532 g/mol. The van der Waals surface area contributed by atoms with Gasteiger partial charge in [0.05, 0.1) is 31.5 Å². The van der Waals surface area contributed by atoms with E-state index in [9.17, 15) is 10.1 Å². The number of hydrogen-bond acceptors (Lipinski definition) is 8. The number of hydrogen-bond donors (Lipinski definition) is 0. The molecule has 0 N–H and O–H groups in total. The summed E-state index contributed by atoms with van der Waals surface area (Å²) >= 11 is 0. The summed E-state index contributed by atoms with van der Waals surface area (Å²) < 4.78 is 23.7.